The fraction of sp³-hybridized carbons (Fsp3) is 0.571. The van der Waals surface area contributed by atoms with E-state index in [0.29, 0.717) is 6.42 Å². The van der Waals surface area contributed by atoms with Gasteiger partial charge in [-0.05, 0) is 42.2 Å². The van der Waals surface area contributed by atoms with Crippen LogP contribution in [0.25, 0.3) is 0 Å². The Morgan fingerprint density at radius 2 is 1.64 bits per heavy atom. The molecule has 0 saturated carbocycles. The zero-order chi connectivity index (χ0) is 19.1. The molecular weight excluding hydrogens is 364 g/mol. The monoisotopic (exact) mass is 394 g/mol. The summed E-state index contributed by atoms with van der Waals surface area (Å²) in [5, 5.41) is 0.900. The molecule has 1 unspecified atom stereocenters. The van der Waals surface area contributed by atoms with Gasteiger partial charge in [0.05, 0.1) is 5.92 Å². The molecule has 1 aromatic rings. The SMILES string of the molecule is CC[Si](C#CC(Cc1ccc(Cl)cc1)C(=O)SC(C)(C)C)(CC)CC. The van der Waals surface area contributed by atoms with Crippen molar-refractivity contribution in [2.75, 3.05) is 0 Å². The van der Waals surface area contributed by atoms with Crippen molar-refractivity contribution in [3.63, 3.8) is 0 Å². The van der Waals surface area contributed by atoms with Crippen molar-refractivity contribution in [2.24, 2.45) is 5.92 Å². The molecule has 1 nitrogen and oxygen atoms in total. The van der Waals surface area contributed by atoms with E-state index in [1.165, 1.54) is 11.8 Å². The topological polar surface area (TPSA) is 17.1 Å². The Hall–Kier alpha value is -0.693. The highest BCUT2D eigenvalue weighted by molar-refractivity contribution is 8.14. The van der Waals surface area contributed by atoms with Gasteiger partial charge in [-0.15, -0.1) is 5.54 Å². The minimum Gasteiger partial charge on any atom is -0.286 e. The summed E-state index contributed by atoms with van der Waals surface area (Å²) in [6, 6.07) is 11.2. The van der Waals surface area contributed by atoms with Crippen LogP contribution < -0.4 is 0 Å². The third kappa shape index (κ3) is 7.60. The maximum atomic E-state index is 12.9. The van der Waals surface area contributed by atoms with Gasteiger partial charge in [-0.3, -0.25) is 4.79 Å². The van der Waals surface area contributed by atoms with Crippen molar-refractivity contribution in [2.45, 2.75) is 70.8 Å². The lowest BCUT2D eigenvalue weighted by Crippen LogP contribution is -2.30. The van der Waals surface area contributed by atoms with Crippen LogP contribution in [-0.4, -0.2) is 17.9 Å². The fourth-order valence-electron chi connectivity index (χ4n) is 2.68. The molecule has 0 spiro atoms. The lowest BCUT2D eigenvalue weighted by atomic mass is 10.0. The molecule has 0 aromatic heterocycles. The number of hydrogen-bond acceptors (Lipinski definition) is 2. The Bertz CT molecular complexity index is 610. The summed E-state index contributed by atoms with van der Waals surface area (Å²) in [7, 11) is -1.55. The van der Waals surface area contributed by atoms with Gasteiger partial charge in [0.15, 0.2) is 0 Å². The van der Waals surface area contributed by atoms with Crippen LogP contribution in [0.1, 0.15) is 47.1 Å². The van der Waals surface area contributed by atoms with E-state index in [2.05, 4.69) is 53.0 Å². The molecule has 138 valence electrons. The van der Waals surface area contributed by atoms with E-state index in [1.807, 2.05) is 24.3 Å². The van der Waals surface area contributed by atoms with Crippen molar-refractivity contribution >= 4 is 36.6 Å². The number of hydrogen-bond donors (Lipinski definition) is 0. The molecule has 0 aliphatic rings. The van der Waals surface area contributed by atoms with Crippen molar-refractivity contribution in [3.05, 3.63) is 34.9 Å². The summed E-state index contributed by atoms with van der Waals surface area (Å²) in [6.45, 7) is 13.0. The van der Waals surface area contributed by atoms with E-state index in [9.17, 15) is 4.79 Å². The highest BCUT2D eigenvalue weighted by atomic mass is 35.5. The number of halogens is 1. The molecule has 0 aliphatic heterocycles. The Balaban J connectivity index is 3.11. The summed E-state index contributed by atoms with van der Waals surface area (Å²) in [6.07, 6.45) is 0.660. The normalized spacial score (nSPS) is 13.1. The molecule has 0 amide bonds. The third-order valence-electron chi connectivity index (χ3n) is 4.59. The van der Waals surface area contributed by atoms with Crippen molar-refractivity contribution in [1.82, 2.24) is 0 Å². The average Bonchev–Trinajstić information content (AvgIpc) is 2.55. The first-order valence-electron chi connectivity index (χ1n) is 9.14. The predicted octanol–water partition coefficient (Wildman–Crippen LogP) is 6.61. The van der Waals surface area contributed by atoms with E-state index in [1.54, 1.807) is 0 Å². The van der Waals surface area contributed by atoms with Crippen molar-refractivity contribution in [3.8, 4) is 11.5 Å². The zero-order valence-electron chi connectivity index (χ0n) is 16.4. The molecule has 0 saturated heterocycles. The summed E-state index contributed by atoms with van der Waals surface area (Å²) in [5.41, 5.74) is 4.72. The Morgan fingerprint density at radius 3 is 2.08 bits per heavy atom. The minimum atomic E-state index is -1.55. The second-order valence-corrected chi connectivity index (χ2v) is 14.7. The number of rotatable bonds is 6. The van der Waals surface area contributed by atoms with E-state index >= 15 is 0 Å². The van der Waals surface area contributed by atoms with Crippen LogP contribution in [0.3, 0.4) is 0 Å². The highest BCUT2D eigenvalue weighted by Gasteiger charge is 2.27. The highest BCUT2D eigenvalue weighted by Crippen LogP contribution is 2.29. The lowest BCUT2D eigenvalue weighted by molar-refractivity contribution is -0.112. The van der Waals surface area contributed by atoms with E-state index in [0.717, 1.165) is 28.7 Å². The van der Waals surface area contributed by atoms with Gasteiger partial charge in [-0.2, -0.15) is 0 Å². The van der Waals surface area contributed by atoms with Gasteiger partial charge in [-0.25, -0.2) is 0 Å². The van der Waals surface area contributed by atoms with Crippen LogP contribution in [0.2, 0.25) is 23.2 Å². The zero-order valence-corrected chi connectivity index (χ0v) is 19.0. The maximum Gasteiger partial charge on any atom is 0.204 e. The quantitative estimate of drug-likeness (QED) is 0.399. The van der Waals surface area contributed by atoms with Crippen molar-refractivity contribution in [1.29, 1.82) is 0 Å². The molecule has 25 heavy (non-hydrogen) atoms. The molecule has 0 heterocycles. The van der Waals surface area contributed by atoms with E-state index in [4.69, 9.17) is 11.6 Å². The van der Waals surface area contributed by atoms with Crippen LogP contribution in [0.5, 0.6) is 0 Å². The Kier molecular flexibility index (Phi) is 8.81. The van der Waals surface area contributed by atoms with Gasteiger partial charge in [-0.1, -0.05) is 83.0 Å². The molecule has 1 rings (SSSR count). The average molecular weight is 395 g/mol. The molecule has 0 fully saturated rings. The molecular formula is C21H31ClOSSi. The third-order valence-corrected chi connectivity index (χ3v) is 10.7. The van der Waals surface area contributed by atoms with Gasteiger partial charge in [0.1, 0.15) is 8.07 Å². The molecule has 1 aromatic carbocycles. The second kappa shape index (κ2) is 9.85. The largest absolute Gasteiger partial charge is 0.286 e. The van der Waals surface area contributed by atoms with E-state index in [-0.39, 0.29) is 15.8 Å². The standard InChI is InChI=1S/C21H31ClOSSi/c1-7-25(8-2,9-3)15-14-18(20(23)24-21(4,5)6)16-17-10-12-19(22)13-11-17/h10-13,18H,7-9,16H2,1-6H3. The Morgan fingerprint density at radius 1 is 1.12 bits per heavy atom. The maximum absolute atomic E-state index is 12.9. The Labute approximate surface area is 164 Å². The van der Waals surface area contributed by atoms with Gasteiger partial charge in [0.2, 0.25) is 5.12 Å². The molecule has 0 radical (unpaired) electrons. The van der Waals surface area contributed by atoms with E-state index < -0.39 is 8.07 Å². The first-order chi connectivity index (χ1) is 11.6. The molecule has 4 heteroatoms. The second-order valence-electron chi connectivity index (χ2n) is 7.53. The number of carbonyl (C=O) groups excluding carboxylic acids is 1. The van der Waals surface area contributed by atoms with Gasteiger partial charge >= 0.3 is 0 Å². The van der Waals surface area contributed by atoms with Crippen LogP contribution in [0, 0.1) is 17.4 Å². The lowest BCUT2D eigenvalue weighted by Gasteiger charge is -2.22. The minimum absolute atomic E-state index is 0.0915. The summed E-state index contributed by atoms with van der Waals surface area (Å²) in [5.74, 6) is 3.16. The number of carbonyl (C=O) groups is 1. The first kappa shape index (κ1) is 22.3. The molecule has 0 bridgehead atoms. The van der Waals surface area contributed by atoms with Gasteiger partial charge < -0.3 is 0 Å². The van der Waals surface area contributed by atoms with Gasteiger partial charge in [0, 0.05) is 9.77 Å². The van der Waals surface area contributed by atoms with Crippen LogP contribution >= 0.6 is 23.4 Å². The molecule has 1 atom stereocenters. The van der Waals surface area contributed by atoms with Gasteiger partial charge in [0.25, 0.3) is 0 Å². The number of thioether (sulfide) groups is 1. The first-order valence-corrected chi connectivity index (χ1v) is 13.0. The predicted molar refractivity (Wildman–Crippen MR) is 116 cm³/mol. The van der Waals surface area contributed by atoms with Crippen LogP contribution in [0.4, 0.5) is 0 Å². The molecule has 0 N–H and O–H groups in total. The smallest absolute Gasteiger partial charge is 0.204 e. The summed E-state index contributed by atoms with van der Waals surface area (Å²) >= 11 is 7.39. The summed E-state index contributed by atoms with van der Waals surface area (Å²) < 4.78 is -0.0915. The van der Waals surface area contributed by atoms with Crippen LogP contribution in [-0.2, 0) is 11.2 Å². The molecule has 0 aliphatic carbocycles. The fourth-order valence-corrected chi connectivity index (χ4v) is 6.20. The van der Waals surface area contributed by atoms with Crippen LogP contribution in [0.15, 0.2) is 24.3 Å². The summed E-state index contributed by atoms with van der Waals surface area (Å²) in [4.78, 5) is 12.9. The number of benzene rings is 1. The van der Waals surface area contributed by atoms with Crippen molar-refractivity contribution < 1.29 is 4.79 Å².